The van der Waals surface area contributed by atoms with Crippen LogP contribution in [0.15, 0.2) is 25.0 Å². The minimum Gasteiger partial charge on any atom is -0.378 e. The van der Waals surface area contributed by atoms with Crippen LogP contribution in [0.5, 0.6) is 0 Å². The monoisotopic (exact) mass is 409 g/mol. The molecule has 30 heavy (non-hydrogen) atoms. The number of hydrogen-bond donors (Lipinski definition) is 1. The molecule has 2 aromatic rings. The van der Waals surface area contributed by atoms with Crippen LogP contribution < -0.4 is 15.5 Å². The van der Waals surface area contributed by atoms with Gasteiger partial charge in [0.1, 0.15) is 0 Å². The SMILES string of the molecule is C=CC(=O)N1CC2(C1)CN(c1nc(-c3cnc(N)nc3)nc(N3CCOCC3)n1)C2. The molecular weight excluding hydrogens is 386 g/mol. The lowest BCUT2D eigenvalue weighted by Crippen LogP contribution is -2.73. The van der Waals surface area contributed by atoms with Gasteiger partial charge in [-0.05, 0) is 6.08 Å². The van der Waals surface area contributed by atoms with Crippen LogP contribution in [0.4, 0.5) is 17.8 Å². The highest BCUT2D eigenvalue weighted by Crippen LogP contribution is 2.41. The van der Waals surface area contributed by atoms with Crippen molar-refractivity contribution in [2.75, 3.05) is 68.0 Å². The molecular formula is C19H23N9O2. The van der Waals surface area contributed by atoms with Crippen molar-refractivity contribution in [1.82, 2.24) is 29.8 Å². The van der Waals surface area contributed by atoms with Crippen molar-refractivity contribution in [3.63, 3.8) is 0 Å². The molecule has 2 aromatic heterocycles. The predicted molar refractivity (Wildman–Crippen MR) is 110 cm³/mol. The Morgan fingerprint density at radius 2 is 1.67 bits per heavy atom. The lowest BCUT2D eigenvalue weighted by Gasteiger charge is -2.59. The third-order valence-electron chi connectivity index (χ3n) is 5.71. The van der Waals surface area contributed by atoms with Gasteiger partial charge in [0.05, 0.1) is 18.8 Å². The first-order chi connectivity index (χ1) is 14.5. The number of amides is 1. The topological polar surface area (TPSA) is 126 Å². The molecule has 5 rings (SSSR count). The molecule has 2 N–H and O–H groups in total. The highest BCUT2D eigenvalue weighted by atomic mass is 16.5. The zero-order valence-corrected chi connectivity index (χ0v) is 16.6. The number of likely N-dealkylation sites (tertiary alicyclic amines) is 1. The van der Waals surface area contributed by atoms with Gasteiger partial charge in [0, 0.05) is 57.1 Å². The average Bonchev–Trinajstić information content (AvgIpc) is 2.72. The van der Waals surface area contributed by atoms with Gasteiger partial charge in [-0.15, -0.1) is 0 Å². The zero-order valence-electron chi connectivity index (χ0n) is 16.6. The summed E-state index contributed by atoms with van der Waals surface area (Å²) in [5, 5.41) is 0. The number of rotatable bonds is 4. The minimum atomic E-state index is -0.0144. The van der Waals surface area contributed by atoms with Crippen LogP contribution in [0.25, 0.3) is 11.4 Å². The van der Waals surface area contributed by atoms with E-state index in [1.807, 2.05) is 4.90 Å². The number of carbonyl (C=O) groups is 1. The van der Waals surface area contributed by atoms with Crippen molar-refractivity contribution in [3.05, 3.63) is 25.0 Å². The number of nitrogens with two attached hydrogens (primary N) is 1. The molecule has 0 aromatic carbocycles. The lowest BCUT2D eigenvalue weighted by molar-refractivity contribution is -0.139. The summed E-state index contributed by atoms with van der Waals surface area (Å²) in [6, 6.07) is 0. The van der Waals surface area contributed by atoms with E-state index in [0.717, 1.165) is 39.3 Å². The molecule has 11 heteroatoms. The number of nitrogens with zero attached hydrogens (tertiary/aromatic N) is 8. The number of nitrogen functional groups attached to an aromatic ring is 1. The molecule has 11 nitrogen and oxygen atoms in total. The van der Waals surface area contributed by atoms with E-state index in [4.69, 9.17) is 15.5 Å². The van der Waals surface area contributed by atoms with Gasteiger partial charge in [-0.2, -0.15) is 15.0 Å². The van der Waals surface area contributed by atoms with Crippen LogP contribution in [-0.2, 0) is 9.53 Å². The maximum Gasteiger partial charge on any atom is 0.245 e. The Morgan fingerprint density at radius 1 is 1.03 bits per heavy atom. The fourth-order valence-electron chi connectivity index (χ4n) is 4.14. The van der Waals surface area contributed by atoms with Gasteiger partial charge in [-0.25, -0.2) is 9.97 Å². The molecule has 1 spiro atoms. The summed E-state index contributed by atoms with van der Waals surface area (Å²) >= 11 is 0. The van der Waals surface area contributed by atoms with Crippen molar-refractivity contribution >= 4 is 23.8 Å². The first-order valence-electron chi connectivity index (χ1n) is 9.88. The van der Waals surface area contributed by atoms with Gasteiger partial charge >= 0.3 is 0 Å². The molecule has 0 unspecified atom stereocenters. The second-order valence-electron chi connectivity index (χ2n) is 7.94. The van der Waals surface area contributed by atoms with Gasteiger partial charge in [0.15, 0.2) is 5.82 Å². The third kappa shape index (κ3) is 3.30. The van der Waals surface area contributed by atoms with E-state index in [-0.39, 0.29) is 17.3 Å². The Hall–Kier alpha value is -3.34. The summed E-state index contributed by atoms with van der Waals surface area (Å²) < 4.78 is 5.45. The first kappa shape index (κ1) is 18.7. The normalized spacial score (nSPS) is 19.9. The van der Waals surface area contributed by atoms with Crippen molar-refractivity contribution in [2.24, 2.45) is 5.41 Å². The van der Waals surface area contributed by atoms with E-state index in [9.17, 15) is 4.79 Å². The molecule has 1 amide bonds. The lowest BCUT2D eigenvalue weighted by atomic mass is 9.73. The molecule has 5 heterocycles. The van der Waals surface area contributed by atoms with Gasteiger partial charge in [-0.3, -0.25) is 4.79 Å². The van der Waals surface area contributed by atoms with Crippen LogP contribution >= 0.6 is 0 Å². The molecule has 3 aliphatic heterocycles. The van der Waals surface area contributed by atoms with Crippen molar-refractivity contribution in [1.29, 1.82) is 0 Å². The summed E-state index contributed by atoms with van der Waals surface area (Å²) in [7, 11) is 0. The van der Waals surface area contributed by atoms with E-state index in [1.54, 1.807) is 12.4 Å². The highest BCUT2D eigenvalue weighted by Gasteiger charge is 2.53. The van der Waals surface area contributed by atoms with E-state index in [0.29, 0.717) is 36.5 Å². The second kappa shape index (κ2) is 7.17. The average molecular weight is 409 g/mol. The molecule has 156 valence electrons. The summed E-state index contributed by atoms with van der Waals surface area (Å²) in [6.45, 7) is 9.38. The smallest absolute Gasteiger partial charge is 0.245 e. The Bertz CT molecular complexity index is 960. The largest absolute Gasteiger partial charge is 0.378 e. The molecule has 0 aliphatic carbocycles. The van der Waals surface area contributed by atoms with Gasteiger partial charge in [-0.1, -0.05) is 6.58 Å². The number of aromatic nitrogens is 5. The summed E-state index contributed by atoms with van der Waals surface area (Å²) in [5.74, 6) is 1.94. The van der Waals surface area contributed by atoms with Gasteiger partial charge in [0.2, 0.25) is 23.8 Å². The highest BCUT2D eigenvalue weighted by molar-refractivity contribution is 5.88. The summed E-state index contributed by atoms with van der Waals surface area (Å²) in [5.41, 5.74) is 6.42. The summed E-state index contributed by atoms with van der Waals surface area (Å²) in [4.78, 5) is 40.0. The van der Waals surface area contributed by atoms with Crippen LogP contribution in [0.1, 0.15) is 0 Å². The Balaban J connectivity index is 1.39. The molecule has 0 bridgehead atoms. The minimum absolute atomic E-state index is 0.0144. The second-order valence-corrected chi connectivity index (χ2v) is 7.94. The van der Waals surface area contributed by atoms with E-state index >= 15 is 0 Å². The van der Waals surface area contributed by atoms with Crippen LogP contribution in [-0.4, -0.2) is 88.2 Å². The predicted octanol–water partition coefficient (Wildman–Crippen LogP) is -0.418. The van der Waals surface area contributed by atoms with Crippen molar-refractivity contribution in [2.45, 2.75) is 0 Å². The number of anilines is 3. The maximum atomic E-state index is 11.7. The van der Waals surface area contributed by atoms with Crippen LogP contribution in [0.2, 0.25) is 0 Å². The first-order valence-corrected chi connectivity index (χ1v) is 9.88. The number of morpholine rings is 1. The Kier molecular flexibility index (Phi) is 4.46. The zero-order chi connectivity index (χ0) is 20.7. The molecule has 0 saturated carbocycles. The number of ether oxygens (including phenoxy) is 1. The number of hydrogen-bond acceptors (Lipinski definition) is 10. The van der Waals surface area contributed by atoms with Gasteiger partial charge < -0.3 is 25.2 Å². The third-order valence-corrected chi connectivity index (χ3v) is 5.71. The van der Waals surface area contributed by atoms with Crippen molar-refractivity contribution < 1.29 is 9.53 Å². The maximum absolute atomic E-state index is 11.7. The molecule has 3 saturated heterocycles. The standard InChI is InChI=1S/C19H23N9O2/c1-2-14(29)27-9-19(10-27)11-28(12-19)18-24-15(13-7-21-16(20)22-8-13)23-17(25-18)26-3-5-30-6-4-26/h2,7-8H,1,3-6,9-12H2,(H2,20,21,22). The van der Waals surface area contributed by atoms with E-state index in [2.05, 4.69) is 36.3 Å². The van der Waals surface area contributed by atoms with E-state index < -0.39 is 0 Å². The number of carbonyl (C=O) groups excluding carboxylic acids is 1. The molecule has 3 fully saturated rings. The fraction of sp³-hybridized carbons (Fsp3) is 0.474. The molecule has 0 radical (unpaired) electrons. The van der Waals surface area contributed by atoms with Gasteiger partial charge in [0.25, 0.3) is 0 Å². The molecule has 3 aliphatic rings. The Labute approximate surface area is 173 Å². The quantitative estimate of drug-likeness (QED) is 0.665. The van der Waals surface area contributed by atoms with Crippen molar-refractivity contribution in [3.8, 4) is 11.4 Å². The van der Waals surface area contributed by atoms with Crippen LogP contribution in [0.3, 0.4) is 0 Å². The Morgan fingerprint density at radius 3 is 2.30 bits per heavy atom. The summed E-state index contributed by atoms with van der Waals surface area (Å²) in [6.07, 6.45) is 4.60. The van der Waals surface area contributed by atoms with Crippen LogP contribution in [0, 0.1) is 5.41 Å². The fourth-order valence-corrected chi connectivity index (χ4v) is 4.14. The molecule has 0 atom stereocenters. The van der Waals surface area contributed by atoms with E-state index in [1.165, 1.54) is 6.08 Å².